The highest BCUT2D eigenvalue weighted by molar-refractivity contribution is 6.43. The second-order valence-corrected chi connectivity index (χ2v) is 4.69. The molecule has 2 rings (SSSR count). The molecule has 1 heterocycles. The maximum Gasteiger partial charge on any atom is 0.414 e. The van der Waals surface area contributed by atoms with E-state index in [-0.39, 0.29) is 33.9 Å². The number of carbonyl (C=O) groups excluding carboxylic acids is 1. The molecule has 0 atom stereocenters. The first-order valence-corrected chi connectivity index (χ1v) is 6.64. The lowest BCUT2D eigenvalue weighted by molar-refractivity contribution is 0.167. The van der Waals surface area contributed by atoms with Crippen molar-refractivity contribution in [1.29, 1.82) is 0 Å². The molecule has 0 aliphatic heterocycles. The molecule has 0 aliphatic carbocycles. The Morgan fingerprint density at radius 2 is 2.05 bits per heavy atom. The molecule has 2 aromatic rings. The van der Waals surface area contributed by atoms with Crippen LogP contribution >= 0.6 is 23.2 Å². The molecule has 21 heavy (non-hydrogen) atoms. The fraction of sp³-hybridized carbons (Fsp3) is 0.154. The van der Waals surface area contributed by atoms with Crippen LogP contribution in [0.25, 0.3) is 11.3 Å². The Bertz CT molecular complexity index is 683. The fourth-order valence-corrected chi connectivity index (χ4v) is 2.01. The number of rotatable bonds is 3. The normalized spacial score (nSPS) is 10.4. The highest BCUT2D eigenvalue weighted by Crippen LogP contribution is 2.47. The van der Waals surface area contributed by atoms with Crippen molar-refractivity contribution in [3.05, 3.63) is 28.2 Å². The lowest BCUT2D eigenvalue weighted by Crippen LogP contribution is -2.12. The smallest absolute Gasteiger partial charge is 0.414 e. The summed E-state index contributed by atoms with van der Waals surface area (Å²) in [6.45, 7) is 1.77. The van der Waals surface area contributed by atoms with Crippen molar-refractivity contribution in [2.45, 2.75) is 6.92 Å². The summed E-state index contributed by atoms with van der Waals surface area (Å²) in [7, 11) is 0. The molecule has 0 unspecified atom stereocenters. The van der Waals surface area contributed by atoms with Crippen LogP contribution < -0.4 is 5.32 Å². The number of ether oxygens (including phenoxy) is 1. The first-order valence-electron chi connectivity index (χ1n) is 5.88. The van der Waals surface area contributed by atoms with Gasteiger partial charge in [0.15, 0.2) is 5.76 Å². The zero-order valence-electron chi connectivity index (χ0n) is 10.8. The number of anilines is 1. The van der Waals surface area contributed by atoms with E-state index in [2.05, 4.69) is 10.1 Å². The predicted octanol–water partition coefficient (Wildman–Crippen LogP) is 4.23. The maximum absolute atomic E-state index is 11.3. The Hall–Kier alpha value is -2.05. The van der Waals surface area contributed by atoms with E-state index in [1.807, 2.05) is 0 Å². The summed E-state index contributed by atoms with van der Waals surface area (Å²) in [5.74, 6) is -1.66. The molecule has 6 nitrogen and oxygen atoms in total. The van der Waals surface area contributed by atoms with Gasteiger partial charge in [0.05, 0.1) is 16.7 Å². The van der Waals surface area contributed by atoms with Gasteiger partial charge in [-0.1, -0.05) is 29.3 Å². The van der Waals surface area contributed by atoms with E-state index >= 15 is 0 Å². The molecule has 0 saturated carbocycles. The van der Waals surface area contributed by atoms with E-state index < -0.39 is 17.6 Å². The maximum atomic E-state index is 11.3. The molecule has 0 aliphatic rings. The summed E-state index contributed by atoms with van der Waals surface area (Å²) in [4.78, 5) is 11.3. The third-order valence-corrected chi connectivity index (χ3v) is 3.36. The van der Waals surface area contributed by atoms with Crippen molar-refractivity contribution in [1.82, 2.24) is 0 Å². The molecule has 1 amide bonds. The molecule has 0 radical (unpaired) electrons. The molecule has 1 aromatic carbocycles. The van der Waals surface area contributed by atoms with Gasteiger partial charge in [0.25, 0.3) is 0 Å². The number of benzene rings is 1. The van der Waals surface area contributed by atoms with Crippen LogP contribution in [0.5, 0.6) is 11.5 Å². The van der Waals surface area contributed by atoms with Gasteiger partial charge in [-0.2, -0.15) is 0 Å². The van der Waals surface area contributed by atoms with E-state index in [1.54, 1.807) is 25.1 Å². The van der Waals surface area contributed by atoms with Crippen molar-refractivity contribution < 1.29 is 24.2 Å². The minimum Gasteiger partial charge on any atom is -0.502 e. The molecule has 0 spiro atoms. The highest BCUT2D eigenvalue weighted by Gasteiger charge is 2.24. The summed E-state index contributed by atoms with van der Waals surface area (Å²) in [5, 5.41) is 22.2. The first kappa shape index (κ1) is 15.3. The van der Waals surface area contributed by atoms with Crippen LogP contribution in [0.1, 0.15) is 6.92 Å². The van der Waals surface area contributed by atoms with Gasteiger partial charge in [0, 0.05) is 5.56 Å². The van der Waals surface area contributed by atoms with Gasteiger partial charge in [0.2, 0.25) is 17.4 Å². The summed E-state index contributed by atoms with van der Waals surface area (Å²) < 4.78 is 9.88. The van der Waals surface area contributed by atoms with Crippen LogP contribution in [-0.2, 0) is 4.74 Å². The van der Waals surface area contributed by atoms with Crippen molar-refractivity contribution in [3.63, 3.8) is 0 Å². The zero-order valence-corrected chi connectivity index (χ0v) is 12.3. The number of halogens is 2. The Morgan fingerprint density at radius 3 is 2.71 bits per heavy atom. The fourth-order valence-electron chi connectivity index (χ4n) is 1.62. The second kappa shape index (κ2) is 6.15. The Labute approximate surface area is 129 Å². The topological polar surface area (TPSA) is 91.9 Å². The van der Waals surface area contributed by atoms with Crippen LogP contribution in [0.4, 0.5) is 10.7 Å². The molecule has 0 fully saturated rings. The predicted molar refractivity (Wildman–Crippen MR) is 78.1 cm³/mol. The van der Waals surface area contributed by atoms with Gasteiger partial charge in [-0.25, -0.2) is 4.79 Å². The largest absolute Gasteiger partial charge is 0.502 e. The van der Waals surface area contributed by atoms with Gasteiger partial charge in [0.1, 0.15) is 0 Å². The minimum atomic E-state index is -0.828. The Morgan fingerprint density at radius 1 is 1.33 bits per heavy atom. The number of hydrogen-bond donors (Lipinski definition) is 3. The van der Waals surface area contributed by atoms with E-state index in [0.29, 0.717) is 0 Å². The monoisotopic (exact) mass is 331 g/mol. The molecule has 8 heteroatoms. The lowest BCUT2D eigenvalue weighted by Gasteiger charge is -2.03. The molecule has 0 saturated heterocycles. The van der Waals surface area contributed by atoms with Crippen LogP contribution in [0.15, 0.2) is 22.6 Å². The minimum absolute atomic E-state index is 0.119. The number of carbonyl (C=O) groups is 1. The molecule has 112 valence electrons. The molecular formula is C13H11Cl2NO5. The summed E-state index contributed by atoms with van der Waals surface area (Å²) >= 11 is 11.9. The number of nitrogens with one attached hydrogen (secondary N) is 1. The SMILES string of the molecule is CCOC(=O)Nc1oc(-c2cccc(Cl)c2Cl)c(O)c1O. The van der Waals surface area contributed by atoms with Gasteiger partial charge in [-0.3, -0.25) is 5.32 Å². The quantitative estimate of drug-likeness (QED) is 0.782. The van der Waals surface area contributed by atoms with E-state index in [4.69, 9.17) is 27.6 Å². The van der Waals surface area contributed by atoms with Crippen LogP contribution in [0.2, 0.25) is 10.0 Å². The van der Waals surface area contributed by atoms with Gasteiger partial charge in [-0.05, 0) is 19.1 Å². The average Bonchev–Trinajstić information content (AvgIpc) is 2.71. The molecule has 0 bridgehead atoms. The van der Waals surface area contributed by atoms with Crippen LogP contribution in [-0.4, -0.2) is 22.9 Å². The van der Waals surface area contributed by atoms with E-state index in [1.165, 1.54) is 0 Å². The lowest BCUT2D eigenvalue weighted by atomic mass is 10.1. The third kappa shape index (κ3) is 3.01. The van der Waals surface area contributed by atoms with Crippen molar-refractivity contribution in [2.75, 3.05) is 11.9 Å². The van der Waals surface area contributed by atoms with E-state index in [0.717, 1.165) is 0 Å². The average molecular weight is 332 g/mol. The number of aromatic hydroxyl groups is 2. The first-order chi connectivity index (χ1) is 9.95. The highest BCUT2D eigenvalue weighted by atomic mass is 35.5. The molecule has 1 aromatic heterocycles. The number of amides is 1. The second-order valence-electron chi connectivity index (χ2n) is 3.90. The van der Waals surface area contributed by atoms with Crippen LogP contribution in [0.3, 0.4) is 0 Å². The third-order valence-electron chi connectivity index (χ3n) is 2.55. The number of hydrogen-bond acceptors (Lipinski definition) is 5. The molecular weight excluding hydrogens is 321 g/mol. The van der Waals surface area contributed by atoms with E-state index in [9.17, 15) is 15.0 Å². The van der Waals surface area contributed by atoms with Crippen molar-refractivity contribution >= 4 is 35.2 Å². The zero-order chi connectivity index (χ0) is 15.6. The summed E-state index contributed by atoms with van der Waals surface area (Å²) in [5.41, 5.74) is 0.272. The summed E-state index contributed by atoms with van der Waals surface area (Å²) in [6.07, 6.45) is -0.828. The van der Waals surface area contributed by atoms with Crippen LogP contribution in [0, 0.1) is 0 Å². The summed E-state index contributed by atoms with van der Waals surface area (Å²) in [6, 6.07) is 4.70. The van der Waals surface area contributed by atoms with Crippen molar-refractivity contribution in [3.8, 4) is 22.8 Å². The standard InChI is InChI=1S/C13H11Cl2NO5/c1-2-20-13(19)16-12-10(18)9(17)11(21-12)6-4-3-5-7(14)8(6)15/h3-5,17-18H,2H2,1H3,(H,16,19). The number of furan rings is 1. The van der Waals surface area contributed by atoms with Gasteiger partial charge in [-0.15, -0.1) is 0 Å². The van der Waals surface area contributed by atoms with Gasteiger partial charge < -0.3 is 19.4 Å². The van der Waals surface area contributed by atoms with Crippen molar-refractivity contribution in [2.24, 2.45) is 0 Å². The Balaban J connectivity index is 2.42. The van der Waals surface area contributed by atoms with Gasteiger partial charge >= 0.3 is 6.09 Å². The molecule has 3 N–H and O–H groups in total. The Kier molecular flexibility index (Phi) is 4.50.